The summed E-state index contributed by atoms with van der Waals surface area (Å²) in [5.41, 5.74) is 0. The Bertz CT molecular complexity index is 283. The van der Waals surface area contributed by atoms with Crippen molar-refractivity contribution in [3.05, 3.63) is 0 Å². The highest BCUT2D eigenvalue weighted by Gasteiger charge is 2.03. The smallest absolute Gasteiger partial charge is 0.221 e. The molecule has 0 spiro atoms. The maximum absolute atomic E-state index is 11.5. The van der Waals surface area contributed by atoms with Crippen molar-refractivity contribution in [3.63, 3.8) is 0 Å². The second-order valence-corrected chi connectivity index (χ2v) is 5.22. The van der Waals surface area contributed by atoms with E-state index in [9.17, 15) is 4.79 Å². The number of aliphatic imine (C=N–C) groups is 1. The molecule has 0 aromatic carbocycles. The highest BCUT2D eigenvalue weighted by molar-refractivity contribution is 14.0. The van der Waals surface area contributed by atoms with Crippen LogP contribution in [0, 0.1) is 0 Å². The first kappa shape index (κ1) is 22.7. The summed E-state index contributed by atoms with van der Waals surface area (Å²) in [7, 11) is 0. The zero-order valence-electron chi connectivity index (χ0n) is 14.0. The maximum atomic E-state index is 11.5. The van der Waals surface area contributed by atoms with E-state index in [2.05, 4.69) is 27.9 Å². The van der Waals surface area contributed by atoms with Crippen LogP contribution in [0.2, 0.25) is 0 Å². The van der Waals surface area contributed by atoms with Gasteiger partial charge in [-0.25, -0.2) is 0 Å². The number of hydrogen-bond acceptors (Lipinski definition) is 2. The first-order chi connectivity index (χ1) is 9.60. The fourth-order valence-corrected chi connectivity index (χ4v) is 1.76. The zero-order valence-corrected chi connectivity index (χ0v) is 16.3. The number of carbonyl (C=O) groups is 1. The molecule has 0 saturated carbocycles. The molecule has 0 heterocycles. The van der Waals surface area contributed by atoms with Crippen molar-refractivity contribution in [2.45, 2.75) is 65.8 Å². The van der Waals surface area contributed by atoms with E-state index in [4.69, 9.17) is 0 Å². The largest absolute Gasteiger partial charge is 0.357 e. The summed E-state index contributed by atoms with van der Waals surface area (Å²) < 4.78 is 0. The van der Waals surface area contributed by atoms with Crippen LogP contribution >= 0.6 is 24.0 Å². The van der Waals surface area contributed by atoms with E-state index in [1.54, 1.807) is 0 Å². The predicted octanol–water partition coefficient (Wildman–Crippen LogP) is 2.65. The second-order valence-electron chi connectivity index (χ2n) is 5.22. The van der Waals surface area contributed by atoms with Crippen molar-refractivity contribution in [2.75, 3.05) is 19.6 Å². The molecule has 0 aromatic heterocycles. The molecule has 3 N–H and O–H groups in total. The fourth-order valence-electron chi connectivity index (χ4n) is 1.76. The summed E-state index contributed by atoms with van der Waals surface area (Å²) >= 11 is 0. The van der Waals surface area contributed by atoms with Crippen molar-refractivity contribution in [3.8, 4) is 0 Å². The third-order valence-corrected chi connectivity index (χ3v) is 2.72. The molecule has 0 aliphatic carbocycles. The number of amides is 1. The lowest BCUT2D eigenvalue weighted by Crippen LogP contribution is -2.40. The minimum absolute atomic E-state index is 0. The molecule has 0 unspecified atom stereocenters. The van der Waals surface area contributed by atoms with Gasteiger partial charge in [-0.1, -0.05) is 26.2 Å². The van der Waals surface area contributed by atoms with Crippen LogP contribution in [-0.4, -0.2) is 37.5 Å². The Balaban J connectivity index is 0. The van der Waals surface area contributed by atoms with Gasteiger partial charge in [0.15, 0.2) is 5.96 Å². The Morgan fingerprint density at radius 1 is 1.10 bits per heavy atom. The third-order valence-electron chi connectivity index (χ3n) is 2.72. The topological polar surface area (TPSA) is 65.5 Å². The molecule has 6 heteroatoms. The molecule has 21 heavy (non-hydrogen) atoms. The summed E-state index contributed by atoms with van der Waals surface area (Å²) in [6.45, 7) is 10.5. The lowest BCUT2D eigenvalue weighted by molar-refractivity contribution is -0.121. The molecule has 0 bridgehead atoms. The van der Waals surface area contributed by atoms with Gasteiger partial charge in [0.05, 0.1) is 0 Å². The van der Waals surface area contributed by atoms with E-state index in [0.29, 0.717) is 13.0 Å². The van der Waals surface area contributed by atoms with Crippen molar-refractivity contribution >= 4 is 35.8 Å². The van der Waals surface area contributed by atoms with Gasteiger partial charge in [0.1, 0.15) is 0 Å². The molecule has 0 atom stereocenters. The minimum Gasteiger partial charge on any atom is -0.357 e. The highest BCUT2D eigenvalue weighted by atomic mass is 127. The SMILES string of the molecule is CCCCCCN=C(NCC)NCCC(=O)NC(C)C.I. The van der Waals surface area contributed by atoms with E-state index in [-0.39, 0.29) is 35.9 Å². The molecular weight excluding hydrogens is 379 g/mol. The average molecular weight is 412 g/mol. The lowest BCUT2D eigenvalue weighted by Gasteiger charge is -2.12. The first-order valence-corrected chi connectivity index (χ1v) is 7.91. The molecule has 0 rings (SSSR count). The quantitative estimate of drug-likeness (QED) is 0.224. The zero-order chi connectivity index (χ0) is 15.2. The third kappa shape index (κ3) is 15.7. The van der Waals surface area contributed by atoms with Gasteiger partial charge in [-0.05, 0) is 27.2 Å². The maximum Gasteiger partial charge on any atom is 0.221 e. The molecule has 0 aromatic rings. The Hall–Kier alpha value is -0.530. The van der Waals surface area contributed by atoms with Gasteiger partial charge >= 0.3 is 0 Å². The molecule has 0 saturated heterocycles. The normalized spacial score (nSPS) is 11.0. The van der Waals surface area contributed by atoms with Crippen LogP contribution in [0.4, 0.5) is 0 Å². The number of unbranched alkanes of at least 4 members (excludes halogenated alkanes) is 3. The summed E-state index contributed by atoms with van der Waals surface area (Å²) in [5, 5.41) is 9.26. The number of nitrogens with zero attached hydrogens (tertiary/aromatic N) is 1. The molecule has 0 fully saturated rings. The second kappa shape index (κ2) is 15.9. The molecular formula is C15H33IN4O. The van der Waals surface area contributed by atoms with E-state index in [1.165, 1.54) is 19.3 Å². The Morgan fingerprint density at radius 3 is 2.38 bits per heavy atom. The van der Waals surface area contributed by atoms with Crippen molar-refractivity contribution < 1.29 is 4.79 Å². The van der Waals surface area contributed by atoms with Crippen LogP contribution in [0.3, 0.4) is 0 Å². The number of nitrogens with one attached hydrogen (secondary N) is 3. The van der Waals surface area contributed by atoms with Crippen LogP contribution in [-0.2, 0) is 4.79 Å². The molecule has 126 valence electrons. The number of rotatable bonds is 10. The monoisotopic (exact) mass is 412 g/mol. The van der Waals surface area contributed by atoms with Gasteiger partial charge in [0.2, 0.25) is 5.91 Å². The molecule has 5 nitrogen and oxygen atoms in total. The number of carbonyl (C=O) groups excluding carboxylic acids is 1. The van der Waals surface area contributed by atoms with Crippen molar-refractivity contribution in [1.82, 2.24) is 16.0 Å². The number of guanidine groups is 1. The highest BCUT2D eigenvalue weighted by Crippen LogP contribution is 1.98. The van der Waals surface area contributed by atoms with Crippen molar-refractivity contribution in [1.29, 1.82) is 0 Å². The van der Waals surface area contributed by atoms with Gasteiger partial charge in [-0.3, -0.25) is 9.79 Å². The number of hydrogen-bond donors (Lipinski definition) is 3. The average Bonchev–Trinajstić information content (AvgIpc) is 2.37. The van der Waals surface area contributed by atoms with Gasteiger partial charge < -0.3 is 16.0 Å². The Morgan fingerprint density at radius 2 is 1.81 bits per heavy atom. The Kier molecular flexibility index (Phi) is 17.2. The Labute approximate surface area is 147 Å². The van der Waals surface area contributed by atoms with Crippen molar-refractivity contribution in [2.24, 2.45) is 4.99 Å². The summed E-state index contributed by atoms with van der Waals surface area (Å²) in [6.07, 6.45) is 5.34. The predicted molar refractivity (Wildman–Crippen MR) is 101 cm³/mol. The van der Waals surface area contributed by atoms with E-state index < -0.39 is 0 Å². The molecule has 0 aliphatic rings. The van der Waals surface area contributed by atoms with Gasteiger partial charge in [0.25, 0.3) is 0 Å². The summed E-state index contributed by atoms with van der Waals surface area (Å²) in [4.78, 5) is 16.0. The summed E-state index contributed by atoms with van der Waals surface area (Å²) in [5.74, 6) is 0.882. The van der Waals surface area contributed by atoms with Crippen LogP contribution in [0.1, 0.15) is 59.8 Å². The fraction of sp³-hybridized carbons (Fsp3) is 0.867. The van der Waals surface area contributed by atoms with E-state index in [1.807, 2.05) is 20.8 Å². The standard InChI is InChI=1S/C15H32N4O.HI/c1-5-7-8-9-11-17-15(16-6-2)18-12-10-14(20)19-13(3)4;/h13H,5-12H2,1-4H3,(H,19,20)(H2,16,17,18);1H. The minimum atomic E-state index is 0. The van der Waals surface area contributed by atoms with Gasteiger partial charge in [-0.15, -0.1) is 24.0 Å². The van der Waals surface area contributed by atoms with Crippen LogP contribution in [0.15, 0.2) is 4.99 Å². The van der Waals surface area contributed by atoms with Crippen LogP contribution < -0.4 is 16.0 Å². The molecule has 0 aliphatic heterocycles. The van der Waals surface area contributed by atoms with Crippen LogP contribution in [0.25, 0.3) is 0 Å². The lowest BCUT2D eigenvalue weighted by atomic mass is 10.2. The van der Waals surface area contributed by atoms with E-state index in [0.717, 1.165) is 25.5 Å². The first-order valence-electron chi connectivity index (χ1n) is 7.91. The van der Waals surface area contributed by atoms with Crippen LogP contribution in [0.5, 0.6) is 0 Å². The molecule has 0 radical (unpaired) electrons. The molecule has 1 amide bonds. The van der Waals surface area contributed by atoms with Gasteiger partial charge in [-0.2, -0.15) is 0 Å². The summed E-state index contributed by atoms with van der Waals surface area (Å²) in [6, 6.07) is 0.197. The number of halogens is 1. The van der Waals surface area contributed by atoms with Gasteiger partial charge in [0, 0.05) is 32.1 Å². The van der Waals surface area contributed by atoms with E-state index >= 15 is 0 Å².